The Morgan fingerprint density at radius 3 is 3.00 bits per heavy atom. The normalized spacial score (nSPS) is 22.1. The van der Waals surface area contributed by atoms with Crippen molar-refractivity contribution < 1.29 is 4.79 Å². The number of aromatic nitrogens is 1. The van der Waals surface area contributed by atoms with Crippen molar-refractivity contribution in [1.82, 2.24) is 10.3 Å². The van der Waals surface area contributed by atoms with E-state index in [2.05, 4.69) is 10.3 Å². The summed E-state index contributed by atoms with van der Waals surface area (Å²) in [4.78, 5) is 18.1. The molecule has 0 aliphatic carbocycles. The Kier molecular flexibility index (Phi) is 3.30. The van der Waals surface area contributed by atoms with Gasteiger partial charge < -0.3 is 16.0 Å². The van der Waals surface area contributed by atoms with Crippen LogP contribution >= 0.6 is 0 Å². The summed E-state index contributed by atoms with van der Waals surface area (Å²) in [6, 6.07) is 5.43. The summed E-state index contributed by atoms with van der Waals surface area (Å²) in [5.74, 6) is 0.726. The second-order valence-electron chi connectivity index (χ2n) is 5.03. The molecule has 3 N–H and O–H groups in total. The monoisotopic (exact) mass is 259 g/mol. The lowest BCUT2D eigenvalue weighted by Crippen LogP contribution is -2.39. The summed E-state index contributed by atoms with van der Waals surface area (Å²) in [6.45, 7) is 3.27. The molecule has 0 saturated carbocycles. The maximum atomic E-state index is 11.9. The first-order valence-corrected chi connectivity index (χ1v) is 6.14. The van der Waals surface area contributed by atoms with Gasteiger partial charge in [0.2, 0.25) is 5.91 Å². The van der Waals surface area contributed by atoms with Crippen LogP contribution in [0.4, 0.5) is 11.5 Å². The molecule has 1 aromatic heterocycles. The highest BCUT2D eigenvalue weighted by Crippen LogP contribution is 2.33. The van der Waals surface area contributed by atoms with Crippen molar-refractivity contribution in [1.29, 1.82) is 5.26 Å². The van der Waals surface area contributed by atoms with Gasteiger partial charge in [0, 0.05) is 20.1 Å². The van der Waals surface area contributed by atoms with Crippen molar-refractivity contribution in [2.24, 2.45) is 5.41 Å². The Hall–Kier alpha value is -2.29. The topological polar surface area (TPSA) is 95.0 Å². The van der Waals surface area contributed by atoms with Gasteiger partial charge in [-0.1, -0.05) is 0 Å². The lowest BCUT2D eigenvalue weighted by atomic mass is 9.89. The predicted octanol–water partition coefficient (Wildman–Crippen LogP) is 0.498. The number of nitriles is 1. The van der Waals surface area contributed by atoms with Gasteiger partial charge in [-0.2, -0.15) is 5.26 Å². The molecule has 1 aliphatic rings. The van der Waals surface area contributed by atoms with Gasteiger partial charge in [-0.15, -0.1) is 0 Å². The van der Waals surface area contributed by atoms with Gasteiger partial charge in [0.1, 0.15) is 11.9 Å². The number of anilines is 2. The van der Waals surface area contributed by atoms with Gasteiger partial charge in [0.25, 0.3) is 0 Å². The summed E-state index contributed by atoms with van der Waals surface area (Å²) < 4.78 is 0. The van der Waals surface area contributed by atoms with Gasteiger partial charge in [-0.05, 0) is 25.5 Å². The van der Waals surface area contributed by atoms with Crippen molar-refractivity contribution in [2.45, 2.75) is 13.3 Å². The summed E-state index contributed by atoms with van der Waals surface area (Å²) in [6.07, 6.45) is 0.765. The molecule has 0 aromatic carbocycles. The molecule has 1 atom stereocenters. The number of hydrogen-bond donors (Lipinski definition) is 2. The molecule has 6 heteroatoms. The number of nitrogens with two attached hydrogens (primary N) is 1. The molecule has 1 fully saturated rings. The lowest BCUT2D eigenvalue weighted by molar-refractivity contribution is -0.128. The van der Waals surface area contributed by atoms with E-state index in [-0.39, 0.29) is 11.6 Å². The van der Waals surface area contributed by atoms with Gasteiger partial charge in [0.15, 0.2) is 5.69 Å². The van der Waals surface area contributed by atoms with Crippen LogP contribution in [-0.2, 0) is 4.79 Å². The molecule has 6 nitrogen and oxygen atoms in total. The van der Waals surface area contributed by atoms with Crippen molar-refractivity contribution in [3.05, 3.63) is 17.8 Å². The zero-order valence-corrected chi connectivity index (χ0v) is 11.1. The number of rotatable bonds is 2. The Morgan fingerprint density at radius 1 is 1.63 bits per heavy atom. The average molecular weight is 259 g/mol. The Balaban J connectivity index is 2.22. The Bertz CT molecular complexity index is 550. The van der Waals surface area contributed by atoms with Gasteiger partial charge in [0.05, 0.1) is 11.1 Å². The van der Waals surface area contributed by atoms with Crippen LogP contribution < -0.4 is 16.0 Å². The van der Waals surface area contributed by atoms with Gasteiger partial charge >= 0.3 is 0 Å². The van der Waals surface area contributed by atoms with Crippen LogP contribution in [0.1, 0.15) is 19.0 Å². The third-order valence-corrected chi connectivity index (χ3v) is 3.59. The number of hydrogen-bond acceptors (Lipinski definition) is 5. The molecule has 0 radical (unpaired) electrons. The van der Waals surface area contributed by atoms with Crippen LogP contribution in [0.3, 0.4) is 0 Å². The molecule has 1 unspecified atom stereocenters. The largest absolute Gasteiger partial charge is 0.396 e. The highest BCUT2D eigenvalue weighted by molar-refractivity contribution is 5.83. The molecule has 0 spiro atoms. The number of amides is 1. The Labute approximate surface area is 112 Å². The average Bonchev–Trinajstić information content (AvgIpc) is 2.82. The van der Waals surface area contributed by atoms with Crippen LogP contribution in [0, 0.1) is 16.7 Å². The second-order valence-corrected chi connectivity index (χ2v) is 5.03. The molecule has 1 aromatic rings. The first-order valence-electron chi connectivity index (χ1n) is 6.14. The first-order chi connectivity index (χ1) is 9.00. The molecule has 2 heterocycles. The zero-order valence-electron chi connectivity index (χ0n) is 11.1. The minimum atomic E-state index is -0.412. The van der Waals surface area contributed by atoms with E-state index in [1.54, 1.807) is 19.2 Å². The summed E-state index contributed by atoms with van der Waals surface area (Å²) in [5.41, 5.74) is 5.84. The quantitative estimate of drug-likeness (QED) is 0.806. The van der Waals surface area contributed by atoms with E-state index >= 15 is 0 Å². The molecule has 1 aliphatic heterocycles. The SMILES string of the molecule is CNC(=O)C1(C)CCN(c2ccc(N)c(C#N)n2)C1. The maximum Gasteiger partial charge on any atom is 0.227 e. The molecular weight excluding hydrogens is 242 g/mol. The highest BCUT2D eigenvalue weighted by atomic mass is 16.2. The van der Waals surface area contributed by atoms with Crippen molar-refractivity contribution in [3.63, 3.8) is 0 Å². The van der Waals surface area contributed by atoms with Crippen LogP contribution in [0.2, 0.25) is 0 Å². The maximum absolute atomic E-state index is 11.9. The fourth-order valence-corrected chi connectivity index (χ4v) is 2.37. The second kappa shape index (κ2) is 4.76. The van der Waals surface area contributed by atoms with Gasteiger partial charge in [-0.3, -0.25) is 4.79 Å². The molecule has 1 amide bonds. The molecule has 1 saturated heterocycles. The van der Waals surface area contributed by atoms with E-state index in [0.717, 1.165) is 13.0 Å². The number of nitrogen functional groups attached to an aromatic ring is 1. The van der Waals surface area contributed by atoms with Crippen molar-refractivity contribution in [3.8, 4) is 6.07 Å². The molecule has 0 bridgehead atoms. The predicted molar refractivity (Wildman–Crippen MR) is 72.4 cm³/mol. The third-order valence-electron chi connectivity index (χ3n) is 3.59. The number of nitrogens with one attached hydrogen (secondary N) is 1. The van der Waals surface area contributed by atoms with E-state index < -0.39 is 5.41 Å². The van der Waals surface area contributed by atoms with Crippen LogP contribution in [-0.4, -0.2) is 31.0 Å². The smallest absolute Gasteiger partial charge is 0.227 e. The molecule has 19 heavy (non-hydrogen) atoms. The number of nitrogens with zero attached hydrogens (tertiary/aromatic N) is 3. The van der Waals surface area contributed by atoms with Crippen molar-refractivity contribution in [2.75, 3.05) is 30.8 Å². The van der Waals surface area contributed by atoms with Gasteiger partial charge in [-0.25, -0.2) is 4.98 Å². The van der Waals surface area contributed by atoms with E-state index in [1.165, 1.54) is 0 Å². The van der Waals surface area contributed by atoms with E-state index in [0.29, 0.717) is 18.1 Å². The summed E-state index contributed by atoms with van der Waals surface area (Å²) in [7, 11) is 1.64. The summed E-state index contributed by atoms with van der Waals surface area (Å²) >= 11 is 0. The molecule has 2 rings (SSSR count). The van der Waals surface area contributed by atoms with E-state index in [4.69, 9.17) is 11.0 Å². The highest BCUT2D eigenvalue weighted by Gasteiger charge is 2.40. The number of carbonyl (C=O) groups excluding carboxylic acids is 1. The van der Waals surface area contributed by atoms with E-state index in [9.17, 15) is 4.79 Å². The number of pyridine rings is 1. The van der Waals surface area contributed by atoms with Crippen molar-refractivity contribution >= 4 is 17.4 Å². The zero-order chi connectivity index (χ0) is 14.0. The minimum Gasteiger partial charge on any atom is -0.396 e. The molecular formula is C13H17N5O. The Morgan fingerprint density at radius 2 is 2.37 bits per heavy atom. The standard InChI is InChI=1S/C13H17N5O/c1-13(12(19)16-2)5-6-18(8-13)11-4-3-9(15)10(7-14)17-11/h3-4H,5-6,8,15H2,1-2H3,(H,16,19). The third kappa shape index (κ3) is 2.32. The first kappa shape index (κ1) is 13.1. The fourth-order valence-electron chi connectivity index (χ4n) is 2.37. The van der Waals surface area contributed by atoms with Crippen LogP contribution in [0.5, 0.6) is 0 Å². The lowest BCUT2D eigenvalue weighted by Gasteiger charge is -2.23. The van der Waals surface area contributed by atoms with Crippen LogP contribution in [0.25, 0.3) is 0 Å². The fraction of sp³-hybridized carbons (Fsp3) is 0.462. The number of carbonyl (C=O) groups is 1. The van der Waals surface area contributed by atoms with Crippen LogP contribution in [0.15, 0.2) is 12.1 Å². The minimum absolute atomic E-state index is 0.0333. The molecule has 100 valence electrons. The van der Waals surface area contributed by atoms with E-state index in [1.807, 2.05) is 17.9 Å². The summed E-state index contributed by atoms with van der Waals surface area (Å²) in [5, 5.41) is 11.6.